The first-order valence-corrected chi connectivity index (χ1v) is 10.2. The second-order valence-electron chi connectivity index (χ2n) is 6.45. The van der Waals surface area contributed by atoms with Gasteiger partial charge in [-0.1, -0.05) is 24.3 Å². The zero-order chi connectivity index (χ0) is 19.8. The minimum Gasteiger partial charge on any atom is -0.469 e. The van der Waals surface area contributed by atoms with Gasteiger partial charge in [0.1, 0.15) is 5.82 Å². The van der Waals surface area contributed by atoms with E-state index in [1.54, 1.807) is 18.2 Å². The van der Waals surface area contributed by atoms with E-state index < -0.39 is 9.84 Å². The summed E-state index contributed by atoms with van der Waals surface area (Å²) in [6.45, 7) is 1.86. The normalized spacial score (nSPS) is 11.6. The standard InChI is InChI=1S/C21H19FO4S/c1-13-16(11-20(23)26-2)10-15-4-7-17(22)12-19(15)21(13)14-5-8-18(9-6-14)27(3,24)25/h4-10,12H,11H2,1-3H3. The molecule has 140 valence electrons. The molecule has 4 nitrogen and oxygen atoms in total. The van der Waals surface area contributed by atoms with Crippen LogP contribution in [0.2, 0.25) is 0 Å². The van der Waals surface area contributed by atoms with Crippen molar-refractivity contribution in [1.82, 2.24) is 0 Å². The number of carbonyl (C=O) groups is 1. The zero-order valence-electron chi connectivity index (χ0n) is 15.2. The summed E-state index contributed by atoms with van der Waals surface area (Å²) in [5, 5.41) is 1.50. The Morgan fingerprint density at radius 1 is 1.07 bits per heavy atom. The van der Waals surface area contributed by atoms with Crippen molar-refractivity contribution in [1.29, 1.82) is 0 Å². The maximum absolute atomic E-state index is 13.9. The quantitative estimate of drug-likeness (QED) is 0.634. The summed E-state index contributed by atoms with van der Waals surface area (Å²) in [6, 6.07) is 12.8. The molecule has 0 atom stereocenters. The highest BCUT2D eigenvalue weighted by Crippen LogP contribution is 2.35. The summed E-state index contributed by atoms with van der Waals surface area (Å²) in [4.78, 5) is 12.0. The molecule has 6 heteroatoms. The highest BCUT2D eigenvalue weighted by atomic mass is 32.2. The maximum Gasteiger partial charge on any atom is 0.309 e. The fourth-order valence-electron chi connectivity index (χ4n) is 3.18. The molecular weight excluding hydrogens is 367 g/mol. The molecule has 0 unspecified atom stereocenters. The van der Waals surface area contributed by atoms with Crippen LogP contribution in [0.1, 0.15) is 11.1 Å². The van der Waals surface area contributed by atoms with Gasteiger partial charge in [0.15, 0.2) is 9.84 Å². The molecule has 0 saturated heterocycles. The fourth-order valence-corrected chi connectivity index (χ4v) is 3.81. The van der Waals surface area contributed by atoms with E-state index in [0.717, 1.165) is 33.9 Å². The molecule has 0 aliphatic heterocycles. The summed E-state index contributed by atoms with van der Waals surface area (Å²) >= 11 is 0. The third-order valence-electron chi connectivity index (χ3n) is 4.60. The number of fused-ring (bicyclic) bond motifs is 1. The maximum atomic E-state index is 13.9. The van der Waals surface area contributed by atoms with Crippen molar-refractivity contribution in [3.63, 3.8) is 0 Å². The van der Waals surface area contributed by atoms with Gasteiger partial charge in [-0.2, -0.15) is 0 Å². The minimum absolute atomic E-state index is 0.101. The molecule has 0 heterocycles. The fraction of sp³-hybridized carbons (Fsp3) is 0.190. The van der Waals surface area contributed by atoms with Crippen molar-refractivity contribution >= 4 is 26.6 Å². The molecule has 27 heavy (non-hydrogen) atoms. The van der Waals surface area contributed by atoms with Crippen LogP contribution in [0.4, 0.5) is 4.39 Å². The first-order valence-electron chi connectivity index (χ1n) is 8.30. The highest BCUT2D eigenvalue weighted by molar-refractivity contribution is 7.90. The summed E-state index contributed by atoms with van der Waals surface area (Å²) in [6.07, 6.45) is 1.25. The van der Waals surface area contributed by atoms with E-state index in [0.29, 0.717) is 5.39 Å². The van der Waals surface area contributed by atoms with E-state index in [2.05, 4.69) is 0 Å². The van der Waals surface area contributed by atoms with E-state index in [-0.39, 0.29) is 23.1 Å². The number of sulfone groups is 1. The van der Waals surface area contributed by atoms with Gasteiger partial charge in [-0.3, -0.25) is 4.79 Å². The SMILES string of the molecule is COC(=O)Cc1cc2ccc(F)cc2c(-c2ccc(S(C)(=O)=O)cc2)c1C. The van der Waals surface area contributed by atoms with Crippen molar-refractivity contribution in [2.45, 2.75) is 18.2 Å². The van der Waals surface area contributed by atoms with Crippen molar-refractivity contribution < 1.29 is 22.3 Å². The lowest BCUT2D eigenvalue weighted by molar-refractivity contribution is -0.139. The molecule has 0 radical (unpaired) electrons. The number of ether oxygens (including phenoxy) is 1. The second kappa shape index (κ2) is 7.12. The molecule has 0 fully saturated rings. The van der Waals surface area contributed by atoms with Crippen molar-refractivity contribution in [3.8, 4) is 11.1 Å². The van der Waals surface area contributed by atoms with E-state index in [9.17, 15) is 17.6 Å². The number of esters is 1. The third-order valence-corrected chi connectivity index (χ3v) is 5.73. The summed E-state index contributed by atoms with van der Waals surface area (Å²) in [5.41, 5.74) is 3.13. The number of methoxy groups -OCH3 is 1. The van der Waals surface area contributed by atoms with E-state index >= 15 is 0 Å². The van der Waals surface area contributed by atoms with Crippen LogP contribution < -0.4 is 0 Å². The first kappa shape index (κ1) is 19.0. The molecule has 0 aliphatic rings. The molecule has 0 aromatic heterocycles. The van der Waals surface area contributed by atoms with Gasteiger partial charge in [-0.25, -0.2) is 12.8 Å². The van der Waals surface area contributed by atoms with Crippen LogP contribution in [0.3, 0.4) is 0 Å². The monoisotopic (exact) mass is 386 g/mol. The molecule has 3 aromatic rings. The van der Waals surface area contributed by atoms with Crippen LogP contribution in [0, 0.1) is 12.7 Å². The van der Waals surface area contributed by atoms with Crippen LogP contribution in [0.25, 0.3) is 21.9 Å². The van der Waals surface area contributed by atoms with Gasteiger partial charge in [-0.15, -0.1) is 0 Å². The first-order chi connectivity index (χ1) is 12.7. The summed E-state index contributed by atoms with van der Waals surface area (Å²) in [5.74, 6) is -0.727. The average Bonchev–Trinajstić information content (AvgIpc) is 2.62. The molecule has 0 spiro atoms. The number of rotatable bonds is 4. The Balaban J connectivity index is 2.27. The van der Waals surface area contributed by atoms with Crippen molar-refractivity contribution in [2.75, 3.05) is 13.4 Å². The Kier molecular flexibility index (Phi) is 5.02. The molecule has 0 N–H and O–H groups in total. The van der Waals surface area contributed by atoms with Gasteiger partial charge in [-0.05, 0) is 64.2 Å². The molecule has 3 rings (SSSR count). The molecule has 0 aliphatic carbocycles. The van der Waals surface area contributed by atoms with Crippen LogP contribution in [-0.4, -0.2) is 27.8 Å². The largest absolute Gasteiger partial charge is 0.469 e. The van der Waals surface area contributed by atoms with Gasteiger partial charge < -0.3 is 4.74 Å². The Morgan fingerprint density at radius 2 is 1.74 bits per heavy atom. The number of hydrogen-bond donors (Lipinski definition) is 0. The Bertz CT molecular complexity index is 1130. The molecule has 0 amide bonds. The molecule has 3 aromatic carbocycles. The molecule has 0 bridgehead atoms. The van der Waals surface area contributed by atoms with Crippen LogP contribution in [-0.2, 0) is 25.8 Å². The summed E-state index contributed by atoms with van der Waals surface area (Å²) in [7, 11) is -1.98. The lowest BCUT2D eigenvalue weighted by Crippen LogP contribution is -2.07. The van der Waals surface area contributed by atoms with Gasteiger partial charge in [0.05, 0.1) is 18.4 Å². The number of carbonyl (C=O) groups excluding carboxylic acids is 1. The average molecular weight is 386 g/mol. The van der Waals surface area contributed by atoms with Crippen molar-refractivity contribution in [3.05, 3.63) is 65.5 Å². The lowest BCUT2D eigenvalue weighted by Gasteiger charge is -2.16. The zero-order valence-corrected chi connectivity index (χ0v) is 16.1. The minimum atomic E-state index is -3.31. The second-order valence-corrected chi connectivity index (χ2v) is 8.47. The lowest BCUT2D eigenvalue weighted by atomic mass is 9.89. The van der Waals surface area contributed by atoms with Crippen LogP contribution in [0.5, 0.6) is 0 Å². The molecule has 0 saturated carbocycles. The Labute approximate surface area is 157 Å². The van der Waals surface area contributed by atoms with E-state index in [1.165, 1.54) is 31.4 Å². The van der Waals surface area contributed by atoms with Gasteiger partial charge in [0.25, 0.3) is 0 Å². The van der Waals surface area contributed by atoms with Crippen LogP contribution in [0.15, 0.2) is 53.4 Å². The van der Waals surface area contributed by atoms with Crippen LogP contribution >= 0.6 is 0 Å². The van der Waals surface area contributed by atoms with Gasteiger partial charge in [0.2, 0.25) is 0 Å². The third kappa shape index (κ3) is 3.85. The Hall–Kier alpha value is -2.73. The van der Waals surface area contributed by atoms with Gasteiger partial charge >= 0.3 is 5.97 Å². The van der Waals surface area contributed by atoms with E-state index in [1.807, 2.05) is 13.0 Å². The highest BCUT2D eigenvalue weighted by Gasteiger charge is 2.16. The number of halogens is 1. The predicted octanol–water partition coefficient (Wildman–Crippen LogP) is 4.07. The summed E-state index contributed by atoms with van der Waals surface area (Å²) < 4.78 is 42.1. The van der Waals surface area contributed by atoms with Crippen molar-refractivity contribution in [2.24, 2.45) is 0 Å². The number of hydrogen-bond acceptors (Lipinski definition) is 4. The predicted molar refractivity (Wildman–Crippen MR) is 103 cm³/mol. The van der Waals surface area contributed by atoms with E-state index in [4.69, 9.17) is 4.74 Å². The smallest absolute Gasteiger partial charge is 0.309 e. The molecular formula is C21H19FO4S. The number of benzene rings is 3. The topological polar surface area (TPSA) is 60.4 Å². The van der Waals surface area contributed by atoms with Gasteiger partial charge in [0, 0.05) is 6.26 Å². The Morgan fingerprint density at radius 3 is 2.33 bits per heavy atom.